The number of methoxy groups -OCH3 is 1. The quantitative estimate of drug-likeness (QED) is 0.829. The molecule has 1 unspecified atom stereocenters. The van der Waals surface area contributed by atoms with E-state index >= 15 is 0 Å². The third-order valence-corrected chi connectivity index (χ3v) is 3.68. The van der Waals surface area contributed by atoms with Crippen LogP contribution in [0.1, 0.15) is 50.7 Å². The number of halogens is 1. The summed E-state index contributed by atoms with van der Waals surface area (Å²) < 4.78 is 6.50. The number of hydrogen-bond donors (Lipinski definition) is 1. The summed E-state index contributed by atoms with van der Waals surface area (Å²) in [7, 11) is 3.58. The fourth-order valence-corrected chi connectivity index (χ4v) is 2.76. The molecule has 0 amide bonds. The van der Waals surface area contributed by atoms with Crippen molar-refractivity contribution in [3.8, 4) is 0 Å². The van der Waals surface area contributed by atoms with Crippen LogP contribution in [0.5, 0.6) is 0 Å². The van der Waals surface area contributed by atoms with E-state index in [-0.39, 0.29) is 6.10 Å². The Morgan fingerprint density at radius 2 is 2.00 bits per heavy atom. The van der Waals surface area contributed by atoms with Crippen molar-refractivity contribution >= 4 is 28.4 Å². The zero-order valence-electron chi connectivity index (χ0n) is 11.0. The molecule has 0 aliphatic carbocycles. The van der Waals surface area contributed by atoms with Crippen LogP contribution in [0.3, 0.4) is 0 Å². The standard InChI is InChI=1S/C12H20IN3O/c1-6-8(17-5)11-15-10(7(2)3)9(13)12(14-4)16-11/h7-8H,6H2,1-5H3,(H,14,15,16). The maximum atomic E-state index is 5.40. The molecular weight excluding hydrogens is 329 g/mol. The van der Waals surface area contributed by atoms with Crippen molar-refractivity contribution in [1.82, 2.24) is 9.97 Å². The highest BCUT2D eigenvalue weighted by atomic mass is 127. The third-order valence-electron chi connectivity index (χ3n) is 2.62. The van der Waals surface area contributed by atoms with Crippen LogP contribution in [0.4, 0.5) is 5.82 Å². The van der Waals surface area contributed by atoms with Gasteiger partial charge in [-0.25, -0.2) is 9.97 Å². The van der Waals surface area contributed by atoms with Gasteiger partial charge in [0.2, 0.25) is 0 Å². The molecule has 5 heteroatoms. The lowest BCUT2D eigenvalue weighted by Gasteiger charge is -2.17. The predicted octanol–water partition coefficient (Wildman–Crippen LogP) is 3.34. The molecule has 0 saturated carbocycles. The van der Waals surface area contributed by atoms with E-state index in [0.717, 1.165) is 27.3 Å². The monoisotopic (exact) mass is 349 g/mol. The molecule has 4 nitrogen and oxygen atoms in total. The number of aromatic nitrogens is 2. The topological polar surface area (TPSA) is 47.0 Å². The van der Waals surface area contributed by atoms with Gasteiger partial charge in [-0.3, -0.25) is 0 Å². The van der Waals surface area contributed by atoms with E-state index in [2.05, 4.69) is 58.6 Å². The largest absolute Gasteiger partial charge is 0.373 e. The van der Waals surface area contributed by atoms with Crippen LogP contribution in [0, 0.1) is 3.57 Å². The van der Waals surface area contributed by atoms with Crippen LogP contribution in [0.15, 0.2) is 0 Å². The summed E-state index contributed by atoms with van der Waals surface area (Å²) >= 11 is 2.29. The van der Waals surface area contributed by atoms with Crippen LogP contribution < -0.4 is 5.32 Å². The highest BCUT2D eigenvalue weighted by Crippen LogP contribution is 2.27. The maximum absolute atomic E-state index is 5.40. The van der Waals surface area contributed by atoms with Gasteiger partial charge in [-0.15, -0.1) is 0 Å². The molecule has 1 N–H and O–H groups in total. The van der Waals surface area contributed by atoms with E-state index in [4.69, 9.17) is 4.74 Å². The van der Waals surface area contributed by atoms with Crippen molar-refractivity contribution in [3.63, 3.8) is 0 Å². The van der Waals surface area contributed by atoms with Gasteiger partial charge in [0, 0.05) is 14.2 Å². The smallest absolute Gasteiger partial charge is 0.159 e. The van der Waals surface area contributed by atoms with Crippen LogP contribution in [-0.2, 0) is 4.74 Å². The van der Waals surface area contributed by atoms with Crippen molar-refractivity contribution in [3.05, 3.63) is 15.1 Å². The van der Waals surface area contributed by atoms with E-state index in [1.807, 2.05) is 7.05 Å². The molecule has 96 valence electrons. The second kappa shape index (κ2) is 6.49. The van der Waals surface area contributed by atoms with Crippen LogP contribution in [0.2, 0.25) is 0 Å². The van der Waals surface area contributed by atoms with Crippen LogP contribution in [0.25, 0.3) is 0 Å². The Hall–Kier alpha value is -0.430. The molecule has 0 spiro atoms. The van der Waals surface area contributed by atoms with E-state index in [1.54, 1.807) is 7.11 Å². The normalized spacial score (nSPS) is 12.9. The lowest BCUT2D eigenvalue weighted by atomic mass is 10.1. The van der Waals surface area contributed by atoms with Crippen molar-refractivity contribution in [1.29, 1.82) is 0 Å². The molecule has 1 aromatic rings. The molecule has 0 aromatic carbocycles. The second-order valence-electron chi connectivity index (χ2n) is 4.17. The Labute approximate surface area is 117 Å². The average molecular weight is 349 g/mol. The summed E-state index contributed by atoms with van der Waals surface area (Å²) in [5.74, 6) is 2.03. The first kappa shape index (κ1) is 14.6. The van der Waals surface area contributed by atoms with Crippen LogP contribution in [-0.4, -0.2) is 24.1 Å². The van der Waals surface area contributed by atoms with Gasteiger partial charge >= 0.3 is 0 Å². The molecule has 1 heterocycles. The lowest BCUT2D eigenvalue weighted by Crippen LogP contribution is -2.12. The second-order valence-corrected chi connectivity index (χ2v) is 5.25. The number of nitrogens with one attached hydrogen (secondary N) is 1. The Morgan fingerprint density at radius 3 is 2.41 bits per heavy atom. The molecule has 0 fully saturated rings. The summed E-state index contributed by atoms with van der Waals surface area (Å²) in [6.07, 6.45) is 0.842. The summed E-state index contributed by atoms with van der Waals surface area (Å²) in [4.78, 5) is 9.16. The van der Waals surface area contributed by atoms with Gasteiger partial charge in [0.05, 0.1) is 9.26 Å². The molecule has 0 saturated heterocycles. The Bertz CT molecular complexity index is 378. The van der Waals surface area contributed by atoms with Gasteiger partial charge in [0.1, 0.15) is 11.9 Å². The first-order chi connectivity index (χ1) is 8.04. The Morgan fingerprint density at radius 1 is 1.35 bits per heavy atom. The molecule has 0 radical (unpaired) electrons. The summed E-state index contributed by atoms with van der Waals surface area (Å²) in [6, 6.07) is 0. The highest BCUT2D eigenvalue weighted by Gasteiger charge is 2.18. The molecule has 1 rings (SSSR count). The van der Waals surface area contributed by atoms with Gasteiger partial charge in [0.15, 0.2) is 5.82 Å². The third kappa shape index (κ3) is 3.28. The number of ether oxygens (including phenoxy) is 1. The Balaban J connectivity index is 3.28. The minimum absolute atomic E-state index is 0.0309. The maximum Gasteiger partial charge on any atom is 0.159 e. The molecular formula is C12H20IN3O. The molecule has 17 heavy (non-hydrogen) atoms. The zero-order chi connectivity index (χ0) is 13.0. The van der Waals surface area contributed by atoms with E-state index in [0.29, 0.717) is 5.92 Å². The molecule has 0 bridgehead atoms. The molecule has 0 aliphatic rings. The fourth-order valence-electron chi connectivity index (χ4n) is 1.63. The minimum Gasteiger partial charge on any atom is -0.373 e. The van der Waals surface area contributed by atoms with Gasteiger partial charge in [-0.1, -0.05) is 20.8 Å². The van der Waals surface area contributed by atoms with Crippen molar-refractivity contribution in [2.45, 2.75) is 39.2 Å². The number of nitrogens with zero attached hydrogens (tertiary/aromatic N) is 2. The zero-order valence-corrected chi connectivity index (χ0v) is 13.2. The van der Waals surface area contributed by atoms with Crippen molar-refractivity contribution in [2.75, 3.05) is 19.5 Å². The van der Waals surface area contributed by atoms with E-state index in [1.165, 1.54) is 0 Å². The van der Waals surface area contributed by atoms with Gasteiger partial charge < -0.3 is 10.1 Å². The van der Waals surface area contributed by atoms with E-state index in [9.17, 15) is 0 Å². The first-order valence-electron chi connectivity index (χ1n) is 5.82. The SMILES string of the molecule is CCC(OC)c1nc(NC)c(I)c(C(C)C)n1. The predicted molar refractivity (Wildman–Crippen MR) is 78.4 cm³/mol. The number of rotatable bonds is 5. The average Bonchev–Trinajstić information content (AvgIpc) is 2.31. The summed E-state index contributed by atoms with van der Waals surface area (Å²) in [5.41, 5.74) is 1.08. The van der Waals surface area contributed by atoms with Crippen LogP contribution >= 0.6 is 22.6 Å². The van der Waals surface area contributed by atoms with Gasteiger partial charge in [-0.05, 0) is 34.9 Å². The van der Waals surface area contributed by atoms with E-state index < -0.39 is 0 Å². The summed E-state index contributed by atoms with van der Waals surface area (Å²) in [5, 5.41) is 3.12. The Kier molecular flexibility index (Phi) is 5.58. The molecule has 1 atom stereocenters. The first-order valence-corrected chi connectivity index (χ1v) is 6.90. The fraction of sp³-hybridized carbons (Fsp3) is 0.667. The lowest BCUT2D eigenvalue weighted by molar-refractivity contribution is 0.0924. The number of anilines is 1. The van der Waals surface area contributed by atoms with Crippen molar-refractivity contribution < 1.29 is 4.74 Å². The highest BCUT2D eigenvalue weighted by molar-refractivity contribution is 14.1. The minimum atomic E-state index is -0.0309. The molecule has 1 aromatic heterocycles. The number of hydrogen-bond acceptors (Lipinski definition) is 4. The molecule has 0 aliphatic heterocycles. The van der Waals surface area contributed by atoms with Crippen molar-refractivity contribution in [2.24, 2.45) is 0 Å². The summed E-state index contributed by atoms with van der Waals surface area (Å²) in [6.45, 7) is 6.35. The van der Waals surface area contributed by atoms with Gasteiger partial charge in [-0.2, -0.15) is 0 Å². The van der Waals surface area contributed by atoms with Gasteiger partial charge in [0.25, 0.3) is 0 Å².